The molecule has 4 aromatic rings. The van der Waals surface area contributed by atoms with Crippen molar-refractivity contribution in [3.63, 3.8) is 0 Å². The zero-order valence-electron chi connectivity index (χ0n) is 17.1. The van der Waals surface area contributed by atoms with Gasteiger partial charge >= 0.3 is 0 Å². The fraction of sp³-hybridized carbons (Fsp3) is 0.227. The minimum Gasteiger partial charge on any atom is -0.434 e. The maximum atomic E-state index is 12.8. The highest BCUT2D eigenvalue weighted by molar-refractivity contribution is 5.94. The summed E-state index contributed by atoms with van der Waals surface area (Å²) in [6.07, 6.45) is 4.85. The van der Waals surface area contributed by atoms with Crippen LogP contribution in [0.4, 0.5) is 5.82 Å². The average molecular weight is 416 g/mol. The van der Waals surface area contributed by atoms with Gasteiger partial charge in [-0.1, -0.05) is 12.1 Å². The smallest absolute Gasteiger partial charge is 0.254 e. The maximum absolute atomic E-state index is 12.8. The first kappa shape index (κ1) is 19.1. The molecule has 0 unspecified atom stereocenters. The fourth-order valence-corrected chi connectivity index (χ4v) is 3.63. The van der Waals surface area contributed by atoms with Crippen molar-refractivity contribution >= 4 is 22.8 Å². The van der Waals surface area contributed by atoms with Crippen LogP contribution in [0.1, 0.15) is 10.4 Å². The SMILES string of the molecule is C[NH+]1CCN(C(=O)c2ccc(-c3cnc(N)c(-c4nc5cnccc5o4)n3)cc2)CC1. The Morgan fingerprint density at radius 2 is 1.87 bits per heavy atom. The van der Waals surface area contributed by atoms with Crippen LogP contribution in [0, 0.1) is 0 Å². The van der Waals surface area contributed by atoms with Crippen molar-refractivity contribution in [2.45, 2.75) is 0 Å². The predicted octanol–water partition coefficient (Wildman–Crippen LogP) is 0.900. The number of nitrogens with two attached hydrogens (primary N) is 1. The van der Waals surface area contributed by atoms with Crippen LogP contribution >= 0.6 is 0 Å². The number of benzene rings is 1. The van der Waals surface area contributed by atoms with Crippen LogP contribution in [0.25, 0.3) is 33.9 Å². The fourth-order valence-electron chi connectivity index (χ4n) is 3.63. The van der Waals surface area contributed by atoms with Crippen molar-refractivity contribution in [2.75, 3.05) is 39.0 Å². The number of nitrogens with zero attached hydrogens (tertiary/aromatic N) is 5. The van der Waals surface area contributed by atoms with E-state index < -0.39 is 0 Å². The number of nitrogen functional groups attached to an aromatic ring is 1. The molecule has 3 N–H and O–H groups in total. The minimum atomic E-state index is 0.0585. The third-order valence-electron chi connectivity index (χ3n) is 5.53. The lowest BCUT2D eigenvalue weighted by Gasteiger charge is -2.30. The molecule has 5 rings (SSSR count). The minimum absolute atomic E-state index is 0.0585. The van der Waals surface area contributed by atoms with Gasteiger partial charge in [0.05, 0.1) is 51.3 Å². The second kappa shape index (κ2) is 7.77. The van der Waals surface area contributed by atoms with Crippen LogP contribution in [0.5, 0.6) is 0 Å². The van der Waals surface area contributed by atoms with Crippen molar-refractivity contribution < 1.29 is 14.1 Å². The summed E-state index contributed by atoms with van der Waals surface area (Å²) in [7, 11) is 2.15. The van der Waals surface area contributed by atoms with Crippen molar-refractivity contribution in [1.82, 2.24) is 24.8 Å². The lowest BCUT2D eigenvalue weighted by molar-refractivity contribution is -0.883. The molecule has 9 heteroatoms. The number of quaternary nitrogens is 1. The van der Waals surface area contributed by atoms with Crippen LogP contribution in [0.3, 0.4) is 0 Å². The summed E-state index contributed by atoms with van der Waals surface area (Å²) in [5, 5.41) is 0. The molecule has 0 saturated carbocycles. The summed E-state index contributed by atoms with van der Waals surface area (Å²) < 4.78 is 5.77. The number of aromatic nitrogens is 4. The molecule has 4 heterocycles. The molecular weight excluding hydrogens is 394 g/mol. The Balaban J connectivity index is 1.41. The number of piperazine rings is 1. The topological polar surface area (TPSA) is 115 Å². The Morgan fingerprint density at radius 3 is 2.61 bits per heavy atom. The van der Waals surface area contributed by atoms with E-state index in [4.69, 9.17) is 10.2 Å². The van der Waals surface area contributed by atoms with Gasteiger partial charge in [-0.2, -0.15) is 0 Å². The lowest BCUT2D eigenvalue weighted by atomic mass is 10.1. The molecule has 1 fully saturated rings. The number of carbonyl (C=O) groups excluding carboxylic acids is 1. The number of amides is 1. The predicted molar refractivity (Wildman–Crippen MR) is 115 cm³/mol. The molecule has 1 aromatic carbocycles. The Morgan fingerprint density at radius 1 is 1.10 bits per heavy atom. The van der Waals surface area contributed by atoms with E-state index >= 15 is 0 Å². The number of likely N-dealkylation sites (N-methyl/N-ethyl adjacent to an activating group) is 1. The quantitative estimate of drug-likeness (QED) is 0.510. The molecular formula is C22H22N7O2+. The average Bonchev–Trinajstić information content (AvgIpc) is 3.24. The van der Waals surface area contributed by atoms with Gasteiger partial charge in [0.15, 0.2) is 17.1 Å². The Hall–Kier alpha value is -3.85. The van der Waals surface area contributed by atoms with Crippen LogP contribution in [-0.4, -0.2) is 64.0 Å². The standard InChI is InChI=1S/C22H21N7O2/c1-28-8-10-29(11-9-28)22(30)15-4-2-14(3-5-15)16-13-25-20(23)19(26-16)21-27-17-12-24-7-6-18(17)31-21/h2-7,12-13H,8-11H2,1H3,(H2,23,25)/p+1. The Bertz CT molecular complexity index is 1210. The number of hydrogen-bond acceptors (Lipinski definition) is 7. The third kappa shape index (κ3) is 3.71. The van der Waals surface area contributed by atoms with Crippen molar-refractivity contribution in [3.8, 4) is 22.8 Å². The first-order chi connectivity index (χ1) is 15.1. The summed E-state index contributed by atoms with van der Waals surface area (Å²) in [6.45, 7) is 3.50. The van der Waals surface area contributed by atoms with Crippen LogP contribution in [0.2, 0.25) is 0 Å². The van der Waals surface area contributed by atoms with Gasteiger partial charge in [-0.3, -0.25) is 9.78 Å². The van der Waals surface area contributed by atoms with E-state index in [0.717, 1.165) is 31.7 Å². The molecule has 9 nitrogen and oxygen atoms in total. The Labute approximate surface area is 178 Å². The zero-order chi connectivity index (χ0) is 21.4. The number of oxazole rings is 1. The first-order valence-corrected chi connectivity index (χ1v) is 10.1. The molecule has 1 aliphatic rings. The number of anilines is 1. The number of rotatable bonds is 3. The van der Waals surface area contributed by atoms with Gasteiger partial charge in [-0.25, -0.2) is 15.0 Å². The van der Waals surface area contributed by atoms with Gasteiger partial charge in [0.1, 0.15) is 5.52 Å². The monoisotopic (exact) mass is 416 g/mol. The molecule has 0 aliphatic carbocycles. The van der Waals surface area contributed by atoms with Gasteiger partial charge in [0.2, 0.25) is 5.89 Å². The molecule has 31 heavy (non-hydrogen) atoms. The third-order valence-corrected chi connectivity index (χ3v) is 5.53. The largest absolute Gasteiger partial charge is 0.434 e. The maximum Gasteiger partial charge on any atom is 0.254 e. The Kier molecular flexibility index (Phi) is 4.79. The van der Waals surface area contributed by atoms with Crippen molar-refractivity contribution in [3.05, 3.63) is 54.5 Å². The number of nitrogens with one attached hydrogen (secondary N) is 1. The zero-order valence-corrected chi connectivity index (χ0v) is 17.1. The van der Waals surface area contributed by atoms with Gasteiger partial charge in [-0.15, -0.1) is 0 Å². The second-order valence-electron chi connectivity index (χ2n) is 7.68. The van der Waals surface area contributed by atoms with E-state index in [-0.39, 0.29) is 11.7 Å². The summed E-state index contributed by atoms with van der Waals surface area (Å²) in [6, 6.07) is 9.12. The van der Waals surface area contributed by atoms with E-state index in [0.29, 0.717) is 33.9 Å². The van der Waals surface area contributed by atoms with E-state index in [9.17, 15) is 4.79 Å². The molecule has 0 bridgehead atoms. The van der Waals surface area contributed by atoms with E-state index in [1.54, 1.807) is 24.7 Å². The van der Waals surface area contributed by atoms with Crippen LogP contribution in [0.15, 0.2) is 53.3 Å². The molecule has 3 aromatic heterocycles. The highest BCUT2D eigenvalue weighted by atomic mass is 16.3. The second-order valence-corrected chi connectivity index (χ2v) is 7.68. The normalized spacial score (nSPS) is 14.8. The highest BCUT2D eigenvalue weighted by Gasteiger charge is 2.22. The number of fused-ring (bicyclic) bond motifs is 1. The molecule has 0 spiro atoms. The summed E-state index contributed by atoms with van der Waals surface area (Å²) >= 11 is 0. The molecule has 0 atom stereocenters. The molecule has 0 radical (unpaired) electrons. The van der Waals surface area contributed by atoms with Gasteiger partial charge in [0, 0.05) is 23.4 Å². The molecule has 1 amide bonds. The number of hydrogen-bond donors (Lipinski definition) is 2. The van der Waals surface area contributed by atoms with E-state index in [1.807, 2.05) is 29.2 Å². The summed E-state index contributed by atoms with van der Waals surface area (Å²) in [5.41, 5.74) is 9.74. The molecule has 156 valence electrons. The van der Waals surface area contributed by atoms with Crippen molar-refractivity contribution in [2.24, 2.45) is 0 Å². The van der Waals surface area contributed by atoms with Crippen LogP contribution in [-0.2, 0) is 0 Å². The molecule has 1 aliphatic heterocycles. The van der Waals surface area contributed by atoms with Gasteiger partial charge < -0.3 is 20.0 Å². The van der Waals surface area contributed by atoms with Crippen LogP contribution < -0.4 is 10.6 Å². The number of pyridine rings is 1. The number of carbonyl (C=O) groups is 1. The first-order valence-electron chi connectivity index (χ1n) is 10.1. The van der Waals surface area contributed by atoms with E-state index in [1.165, 1.54) is 4.90 Å². The summed E-state index contributed by atoms with van der Waals surface area (Å²) in [5.74, 6) is 0.578. The van der Waals surface area contributed by atoms with Crippen molar-refractivity contribution in [1.29, 1.82) is 0 Å². The summed E-state index contributed by atoms with van der Waals surface area (Å²) in [4.78, 5) is 33.5. The van der Waals surface area contributed by atoms with Gasteiger partial charge in [-0.05, 0) is 12.1 Å². The lowest BCUT2D eigenvalue weighted by Crippen LogP contribution is -3.12. The van der Waals surface area contributed by atoms with E-state index in [2.05, 4.69) is 27.0 Å². The molecule has 1 saturated heterocycles. The highest BCUT2D eigenvalue weighted by Crippen LogP contribution is 2.28. The van der Waals surface area contributed by atoms with Gasteiger partial charge in [0.25, 0.3) is 5.91 Å².